The van der Waals surface area contributed by atoms with E-state index in [2.05, 4.69) is 31.9 Å². The van der Waals surface area contributed by atoms with Crippen LogP contribution < -0.4 is 10.2 Å². The van der Waals surface area contributed by atoms with E-state index in [1.807, 2.05) is 0 Å². The quantitative estimate of drug-likeness (QED) is 0.364. The zero-order chi connectivity index (χ0) is 25.2. The molecule has 2 fully saturated rings. The fourth-order valence-corrected chi connectivity index (χ4v) is 8.76. The van der Waals surface area contributed by atoms with E-state index in [9.17, 15) is 19.8 Å². The number of ketones is 1. The molecule has 3 aliphatic rings. The Hall–Kier alpha value is -0.115. The van der Waals surface area contributed by atoms with Crippen LogP contribution in [0.2, 0.25) is 0 Å². The Kier molecular flexibility index (Phi) is 7.90. The Morgan fingerprint density at radius 1 is 1.24 bits per heavy atom. The topological polar surface area (TPSA) is 83.8 Å². The molecule has 9 atom stereocenters. The van der Waals surface area contributed by atoms with Crippen LogP contribution in [0.1, 0.15) is 17.5 Å². The average Bonchev–Trinajstić information content (AvgIpc) is 2.79. The first-order valence-corrected chi connectivity index (χ1v) is 14.1. The summed E-state index contributed by atoms with van der Waals surface area (Å²) in [6, 6.07) is 1.55. The highest BCUT2D eigenvalue weighted by Gasteiger charge is 2.56. The molecule has 0 spiro atoms. The summed E-state index contributed by atoms with van der Waals surface area (Å²) >= 11 is 33.1. The van der Waals surface area contributed by atoms with Gasteiger partial charge in [0.2, 0.25) is 0 Å². The van der Waals surface area contributed by atoms with E-state index in [4.69, 9.17) is 59.0 Å². The molecule has 4 rings (SSSR count). The van der Waals surface area contributed by atoms with Crippen LogP contribution >= 0.6 is 78.3 Å². The molecule has 2 saturated carbocycles. The van der Waals surface area contributed by atoms with E-state index in [-0.39, 0.29) is 29.3 Å². The molecule has 0 bridgehead atoms. The second-order valence-electron chi connectivity index (χ2n) is 8.81. The monoisotopic (exact) mass is 672 g/mol. The average molecular weight is 676 g/mol. The van der Waals surface area contributed by atoms with Crippen LogP contribution in [0.5, 0.6) is 11.5 Å². The van der Waals surface area contributed by atoms with E-state index in [1.165, 1.54) is 0 Å². The summed E-state index contributed by atoms with van der Waals surface area (Å²) < 4.78 is 6.25. The van der Waals surface area contributed by atoms with Crippen molar-refractivity contribution in [1.29, 1.82) is 0 Å². The fraction of sp³-hybridized carbons (Fsp3) is 0.545. The third-order valence-electron chi connectivity index (χ3n) is 6.99. The van der Waals surface area contributed by atoms with Gasteiger partial charge < -0.3 is 14.9 Å². The second-order valence-corrected chi connectivity index (χ2v) is 12.7. The molecule has 5 nitrogen and oxygen atoms in total. The fourth-order valence-electron chi connectivity index (χ4n) is 5.29. The van der Waals surface area contributed by atoms with Crippen LogP contribution in [0.15, 0.2) is 11.6 Å². The molecule has 2 N–H and O–H groups in total. The third kappa shape index (κ3) is 4.12. The Labute approximate surface area is 235 Å². The maximum atomic E-state index is 12.8. The first kappa shape index (κ1) is 26.9. The lowest BCUT2D eigenvalue weighted by Crippen LogP contribution is -2.54. The molecule has 2 radical (unpaired) electrons. The SMILES string of the molecule is [B]c1cc2c(c(C)c1O)OC1C(=C2C2C(Cl)C(Cl)[C@H](Cl)C(CCl)C2C(=O)O)CC(Br)C(=O)C1Br. The molecular weight excluding hydrogens is 657 g/mol. The van der Waals surface area contributed by atoms with E-state index < -0.39 is 55.6 Å². The van der Waals surface area contributed by atoms with Crippen LogP contribution in [0, 0.1) is 24.7 Å². The van der Waals surface area contributed by atoms with Gasteiger partial charge in [-0.05, 0) is 24.5 Å². The predicted octanol–water partition coefficient (Wildman–Crippen LogP) is 4.52. The number of ether oxygens (including phenoxy) is 1. The number of rotatable bonds is 3. The number of hydrogen-bond donors (Lipinski definition) is 2. The third-order valence-corrected chi connectivity index (χ3v) is 11.0. The molecule has 1 aliphatic heterocycles. The highest BCUT2D eigenvalue weighted by atomic mass is 79.9. The first-order valence-electron chi connectivity index (χ1n) is 10.5. The summed E-state index contributed by atoms with van der Waals surface area (Å²) in [6.45, 7) is 1.64. The molecule has 1 heterocycles. The minimum atomic E-state index is -1.10. The molecule has 34 heavy (non-hydrogen) atoms. The number of carbonyl (C=O) groups is 2. The minimum absolute atomic E-state index is 0.0266. The predicted molar refractivity (Wildman–Crippen MR) is 142 cm³/mol. The first-order chi connectivity index (χ1) is 15.9. The number of benzene rings is 1. The highest BCUT2D eigenvalue weighted by Crippen LogP contribution is 2.55. The largest absolute Gasteiger partial charge is 0.508 e. The number of phenols is 1. The number of carboxylic acids is 1. The van der Waals surface area contributed by atoms with Gasteiger partial charge in [-0.15, -0.1) is 46.4 Å². The zero-order valence-corrected chi connectivity index (χ0v) is 23.8. The van der Waals surface area contributed by atoms with Crippen molar-refractivity contribution in [2.75, 3.05) is 5.88 Å². The number of allylic oxidation sites excluding steroid dienone is 1. The number of halogens is 6. The molecule has 182 valence electrons. The van der Waals surface area contributed by atoms with Crippen molar-refractivity contribution in [3.8, 4) is 11.5 Å². The van der Waals surface area contributed by atoms with Crippen molar-refractivity contribution in [3.63, 3.8) is 0 Å². The highest BCUT2D eigenvalue weighted by molar-refractivity contribution is 9.10. The van der Waals surface area contributed by atoms with E-state index >= 15 is 0 Å². The van der Waals surface area contributed by atoms with Crippen molar-refractivity contribution in [1.82, 2.24) is 0 Å². The number of Topliss-reactive ketones (excluding diaryl/α,β-unsaturated/α-hetero) is 1. The molecule has 0 saturated heterocycles. The van der Waals surface area contributed by atoms with Gasteiger partial charge in [-0.3, -0.25) is 9.59 Å². The molecular formula is C22H19BBr2Cl4O5. The van der Waals surface area contributed by atoms with Crippen LogP contribution in [0.4, 0.5) is 0 Å². The normalized spacial score (nSPS) is 37.6. The summed E-state index contributed by atoms with van der Waals surface area (Å²) in [5.74, 6) is -3.60. The van der Waals surface area contributed by atoms with Crippen LogP contribution in [-0.4, -0.2) is 67.6 Å². The molecule has 8 unspecified atom stereocenters. The number of aromatic hydroxyl groups is 1. The summed E-state index contributed by atoms with van der Waals surface area (Å²) in [5, 5.41) is 18.4. The van der Waals surface area contributed by atoms with Crippen molar-refractivity contribution in [2.24, 2.45) is 17.8 Å². The summed E-state index contributed by atoms with van der Waals surface area (Å²) in [7, 11) is 6.09. The van der Waals surface area contributed by atoms with E-state index in [0.29, 0.717) is 28.0 Å². The number of carbonyl (C=O) groups excluding carboxylic acids is 1. The molecule has 0 amide bonds. The maximum Gasteiger partial charge on any atom is 0.307 e. The number of carboxylic acid groups (broad SMARTS) is 1. The number of hydrogen-bond acceptors (Lipinski definition) is 4. The number of fused-ring (bicyclic) bond motifs is 2. The Morgan fingerprint density at radius 3 is 2.47 bits per heavy atom. The van der Waals surface area contributed by atoms with Crippen LogP contribution in [0.25, 0.3) is 5.57 Å². The lowest BCUT2D eigenvalue weighted by molar-refractivity contribution is -0.145. The van der Waals surface area contributed by atoms with Crippen molar-refractivity contribution in [2.45, 2.75) is 45.2 Å². The minimum Gasteiger partial charge on any atom is -0.508 e. The van der Waals surface area contributed by atoms with E-state index in [0.717, 1.165) is 0 Å². The Bertz CT molecular complexity index is 1090. The van der Waals surface area contributed by atoms with Crippen molar-refractivity contribution >= 4 is 109 Å². The molecule has 12 heteroatoms. The molecule has 1 aromatic carbocycles. The van der Waals surface area contributed by atoms with Gasteiger partial charge in [0.1, 0.15) is 30.3 Å². The Morgan fingerprint density at radius 2 is 1.88 bits per heavy atom. The van der Waals surface area contributed by atoms with Crippen molar-refractivity contribution < 1.29 is 24.5 Å². The Balaban J connectivity index is 2.05. The summed E-state index contributed by atoms with van der Waals surface area (Å²) in [5.41, 5.74) is 2.31. The molecule has 2 aliphatic carbocycles. The van der Waals surface area contributed by atoms with Gasteiger partial charge in [-0.1, -0.05) is 43.4 Å². The molecule has 0 aromatic heterocycles. The second kappa shape index (κ2) is 9.98. The maximum absolute atomic E-state index is 12.8. The number of aliphatic carboxylic acids is 1. The van der Waals surface area contributed by atoms with Gasteiger partial charge >= 0.3 is 5.97 Å². The summed E-state index contributed by atoms with van der Waals surface area (Å²) in [6.07, 6.45) is -0.462. The van der Waals surface area contributed by atoms with Crippen LogP contribution in [-0.2, 0) is 9.59 Å². The lowest BCUT2D eigenvalue weighted by Gasteiger charge is -2.48. The number of phenolic OH excluding ortho intramolecular Hbond substituents is 1. The van der Waals surface area contributed by atoms with Gasteiger partial charge in [0.15, 0.2) is 5.78 Å². The molecule has 1 aromatic rings. The van der Waals surface area contributed by atoms with Crippen molar-refractivity contribution in [3.05, 3.63) is 22.8 Å². The van der Waals surface area contributed by atoms with Crippen LogP contribution in [0.3, 0.4) is 0 Å². The van der Waals surface area contributed by atoms with Gasteiger partial charge in [-0.25, -0.2) is 0 Å². The van der Waals surface area contributed by atoms with Gasteiger partial charge in [0, 0.05) is 28.8 Å². The lowest BCUT2D eigenvalue weighted by atomic mass is 9.64. The smallest absolute Gasteiger partial charge is 0.307 e. The summed E-state index contributed by atoms with van der Waals surface area (Å²) in [4.78, 5) is 24.1. The van der Waals surface area contributed by atoms with Gasteiger partial charge in [0.05, 0.1) is 26.9 Å². The zero-order valence-electron chi connectivity index (χ0n) is 17.7. The van der Waals surface area contributed by atoms with Gasteiger partial charge in [0.25, 0.3) is 0 Å². The standard InChI is InChI=1S/C22H19BBr2Cl4O5/c1-5-18(30)9(23)2-6-11(7-3-10(24)19(31)14(25)21(7)34-20(5)6)13-12(22(32)33)8(4-26)15(27)17(29)16(13)28/h2,8,10,12-17,21,30H,3-4H2,1H3,(H,32,33)/t8?,10?,12?,13?,14?,15-,16?,17?,21?/m1/s1. The van der Waals surface area contributed by atoms with Gasteiger partial charge in [-0.2, -0.15) is 0 Å². The van der Waals surface area contributed by atoms with E-state index in [1.54, 1.807) is 13.0 Å². The number of alkyl halides is 6.